The van der Waals surface area contributed by atoms with Gasteiger partial charge in [0.15, 0.2) is 11.5 Å². The van der Waals surface area contributed by atoms with E-state index in [1.54, 1.807) is 49.7 Å². The molecule has 8 nitrogen and oxygen atoms in total. The van der Waals surface area contributed by atoms with Crippen molar-refractivity contribution in [2.24, 2.45) is 0 Å². The van der Waals surface area contributed by atoms with Gasteiger partial charge in [-0.1, -0.05) is 0 Å². The molecule has 0 unspecified atom stereocenters. The number of methoxy groups -OCH3 is 2. The smallest absolute Gasteiger partial charge is 0.307 e. The van der Waals surface area contributed by atoms with E-state index >= 15 is 0 Å². The van der Waals surface area contributed by atoms with Gasteiger partial charge in [-0.2, -0.15) is 0 Å². The van der Waals surface area contributed by atoms with E-state index in [4.69, 9.17) is 14.2 Å². The Balaban J connectivity index is 2.08. The molecule has 8 heteroatoms. The standard InChI is InChI=1S/C20H27N3O5/c1-4-28-19(24)8-12-23(11-5-10-22-13-9-21-15-22)20(25)16-6-7-17(26-2)18(14-16)27-3/h6-7,9,13-15H,4-5,8,10-12H2,1-3H3. The summed E-state index contributed by atoms with van der Waals surface area (Å²) in [5.74, 6) is 0.549. The first-order valence-corrected chi connectivity index (χ1v) is 9.21. The lowest BCUT2D eigenvalue weighted by Gasteiger charge is -2.23. The summed E-state index contributed by atoms with van der Waals surface area (Å²) >= 11 is 0. The molecule has 0 spiro atoms. The van der Waals surface area contributed by atoms with E-state index in [1.807, 2.05) is 10.8 Å². The van der Waals surface area contributed by atoms with Gasteiger partial charge < -0.3 is 23.7 Å². The molecule has 0 fully saturated rings. The van der Waals surface area contributed by atoms with Crippen LogP contribution in [-0.2, 0) is 16.1 Å². The highest BCUT2D eigenvalue weighted by Gasteiger charge is 2.19. The fourth-order valence-electron chi connectivity index (χ4n) is 2.79. The molecular formula is C20H27N3O5. The van der Waals surface area contributed by atoms with E-state index < -0.39 is 0 Å². The number of amides is 1. The summed E-state index contributed by atoms with van der Waals surface area (Å²) in [6.07, 6.45) is 6.21. The fourth-order valence-corrected chi connectivity index (χ4v) is 2.79. The third-order valence-electron chi connectivity index (χ3n) is 4.21. The zero-order valence-corrected chi connectivity index (χ0v) is 16.6. The number of rotatable bonds is 11. The Bertz CT molecular complexity index is 761. The lowest BCUT2D eigenvalue weighted by Crippen LogP contribution is -2.34. The Morgan fingerprint density at radius 3 is 2.57 bits per heavy atom. The van der Waals surface area contributed by atoms with Crippen LogP contribution in [0, 0.1) is 0 Å². The number of nitrogens with zero attached hydrogens (tertiary/aromatic N) is 3. The van der Waals surface area contributed by atoms with Gasteiger partial charge in [-0.3, -0.25) is 9.59 Å². The molecule has 2 rings (SSSR count). The second kappa shape index (κ2) is 11.0. The third-order valence-corrected chi connectivity index (χ3v) is 4.21. The van der Waals surface area contributed by atoms with Gasteiger partial charge in [0.25, 0.3) is 5.91 Å². The minimum Gasteiger partial charge on any atom is -0.493 e. The van der Waals surface area contributed by atoms with Crippen LogP contribution in [-0.4, -0.2) is 60.2 Å². The normalized spacial score (nSPS) is 10.4. The van der Waals surface area contributed by atoms with Crippen LogP contribution in [0.3, 0.4) is 0 Å². The van der Waals surface area contributed by atoms with Gasteiger partial charge in [0.1, 0.15) is 0 Å². The van der Waals surface area contributed by atoms with Crippen molar-refractivity contribution in [3.05, 3.63) is 42.5 Å². The lowest BCUT2D eigenvalue weighted by atomic mass is 10.1. The van der Waals surface area contributed by atoms with E-state index in [0.29, 0.717) is 30.2 Å². The molecule has 0 saturated heterocycles. The van der Waals surface area contributed by atoms with Gasteiger partial charge in [0.05, 0.1) is 33.6 Å². The Morgan fingerprint density at radius 2 is 1.93 bits per heavy atom. The first kappa shape index (κ1) is 21.3. The van der Waals surface area contributed by atoms with E-state index in [-0.39, 0.29) is 24.8 Å². The fraction of sp³-hybridized carbons (Fsp3) is 0.450. The number of benzene rings is 1. The Hall–Kier alpha value is -3.03. The molecule has 0 aliphatic heterocycles. The quantitative estimate of drug-likeness (QED) is 0.549. The van der Waals surface area contributed by atoms with Crippen molar-refractivity contribution in [3.63, 3.8) is 0 Å². The summed E-state index contributed by atoms with van der Waals surface area (Å²) in [5, 5.41) is 0. The number of esters is 1. The summed E-state index contributed by atoms with van der Waals surface area (Å²) in [5.41, 5.74) is 0.476. The molecule has 2 aromatic rings. The van der Waals surface area contributed by atoms with Crippen molar-refractivity contribution >= 4 is 11.9 Å². The van der Waals surface area contributed by atoms with Crippen LogP contribution in [0.5, 0.6) is 11.5 Å². The van der Waals surface area contributed by atoms with E-state index in [0.717, 1.165) is 13.0 Å². The number of aryl methyl sites for hydroxylation is 1. The molecule has 0 radical (unpaired) electrons. The zero-order chi connectivity index (χ0) is 20.4. The van der Waals surface area contributed by atoms with Gasteiger partial charge >= 0.3 is 5.97 Å². The van der Waals surface area contributed by atoms with Crippen molar-refractivity contribution in [3.8, 4) is 11.5 Å². The van der Waals surface area contributed by atoms with Gasteiger partial charge in [-0.05, 0) is 31.5 Å². The third kappa shape index (κ3) is 6.00. The average Bonchev–Trinajstić information content (AvgIpc) is 3.23. The van der Waals surface area contributed by atoms with Crippen LogP contribution in [0.2, 0.25) is 0 Å². The molecule has 0 saturated carbocycles. The Kier molecular flexibility index (Phi) is 8.33. The topological polar surface area (TPSA) is 82.9 Å². The van der Waals surface area contributed by atoms with Crippen molar-refractivity contribution < 1.29 is 23.8 Å². The Labute approximate surface area is 165 Å². The second-order valence-corrected chi connectivity index (χ2v) is 6.07. The predicted octanol–water partition coefficient (Wildman–Crippen LogP) is 2.39. The van der Waals surface area contributed by atoms with Gasteiger partial charge in [0.2, 0.25) is 0 Å². The molecule has 152 valence electrons. The minimum absolute atomic E-state index is 0.151. The van der Waals surface area contributed by atoms with Crippen molar-refractivity contribution in [2.75, 3.05) is 33.9 Å². The predicted molar refractivity (Wildman–Crippen MR) is 104 cm³/mol. The molecule has 0 aliphatic rings. The van der Waals surface area contributed by atoms with Crippen LogP contribution in [0.1, 0.15) is 30.1 Å². The number of carbonyl (C=O) groups is 2. The maximum absolute atomic E-state index is 13.0. The van der Waals surface area contributed by atoms with Crippen LogP contribution >= 0.6 is 0 Å². The first-order valence-electron chi connectivity index (χ1n) is 9.21. The van der Waals surface area contributed by atoms with E-state index in [2.05, 4.69) is 4.98 Å². The van der Waals surface area contributed by atoms with Crippen LogP contribution in [0.15, 0.2) is 36.9 Å². The van der Waals surface area contributed by atoms with Crippen LogP contribution in [0.25, 0.3) is 0 Å². The average molecular weight is 389 g/mol. The maximum Gasteiger partial charge on any atom is 0.307 e. The number of hydrogen-bond donors (Lipinski definition) is 0. The number of carbonyl (C=O) groups excluding carboxylic acids is 2. The lowest BCUT2D eigenvalue weighted by molar-refractivity contribution is -0.143. The summed E-state index contributed by atoms with van der Waals surface area (Å²) in [4.78, 5) is 30.5. The summed E-state index contributed by atoms with van der Waals surface area (Å²) < 4.78 is 17.4. The monoisotopic (exact) mass is 389 g/mol. The number of aromatic nitrogens is 2. The highest BCUT2D eigenvalue weighted by atomic mass is 16.5. The largest absolute Gasteiger partial charge is 0.493 e. The molecular weight excluding hydrogens is 362 g/mol. The van der Waals surface area contributed by atoms with E-state index in [9.17, 15) is 9.59 Å². The van der Waals surface area contributed by atoms with Crippen molar-refractivity contribution in [1.82, 2.24) is 14.5 Å². The van der Waals surface area contributed by atoms with Crippen LogP contribution in [0.4, 0.5) is 0 Å². The molecule has 1 heterocycles. The second-order valence-electron chi connectivity index (χ2n) is 6.07. The van der Waals surface area contributed by atoms with Gasteiger partial charge in [-0.25, -0.2) is 4.98 Å². The highest BCUT2D eigenvalue weighted by molar-refractivity contribution is 5.95. The number of hydrogen-bond acceptors (Lipinski definition) is 6. The summed E-state index contributed by atoms with van der Waals surface area (Å²) in [6.45, 7) is 3.61. The molecule has 1 aromatic carbocycles. The number of ether oxygens (including phenoxy) is 3. The SMILES string of the molecule is CCOC(=O)CCN(CCCn1ccnc1)C(=O)c1ccc(OC)c(OC)c1. The van der Waals surface area contributed by atoms with E-state index in [1.165, 1.54) is 7.11 Å². The molecule has 0 aliphatic carbocycles. The molecule has 28 heavy (non-hydrogen) atoms. The molecule has 1 amide bonds. The number of imidazole rings is 1. The first-order chi connectivity index (χ1) is 13.6. The summed E-state index contributed by atoms with van der Waals surface area (Å²) in [7, 11) is 3.07. The molecule has 0 bridgehead atoms. The van der Waals surface area contributed by atoms with Crippen LogP contribution < -0.4 is 9.47 Å². The van der Waals surface area contributed by atoms with Gasteiger partial charge in [0, 0.05) is 37.6 Å². The molecule has 0 N–H and O–H groups in total. The highest BCUT2D eigenvalue weighted by Crippen LogP contribution is 2.28. The maximum atomic E-state index is 13.0. The summed E-state index contributed by atoms with van der Waals surface area (Å²) in [6, 6.07) is 5.03. The minimum atomic E-state index is -0.317. The van der Waals surface area contributed by atoms with Crippen molar-refractivity contribution in [1.29, 1.82) is 0 Å². The van der Waals surface area contributed by atoms with Gasteiger partial charge in [-0.15, -0.1) is 0 Å². The Morgan fingerprint density at radius 1 is 1.14 bits per heavy atom. The molecule has 1 aromatic heterocycles. The molecule has 0 atom stereocenters. The zero-order valence-electron chi connectivity index (χ0n) is 16.6. The van der Waals surface area contributed by atoms with Crippen molar-refractivity contribution in [2.45, 2.75) is 26.3 Å².